The summed E-state index contributed by atoms with van der Waals surface area (Å²) < 4.78 is 5.06. The normalized spacial score (nSPS) is 15.7. The highest BCUT2D eigenvalue weighted by Crippen LogP contribution is 2.12. The largest absolute Gasteiger partial charge is 0.445 e. The Morgan fingerprint density at radius 2 is 1.89 bits per heavy atom. The lowest BCUT2D eigenvalue weighted by atomic mass is 10.2. The molecule has 0 aliphatic carbocycles. The molecule has 3 rings (SSSR count). The van der Waals surface area contributed by atoms with Crippen molar-refractivity contribution >= 4 is 17.9 Å². The lowest BCUT2D eigenvalue weighted by Gasteiger charge is -2.16. The monoisotopic (exact) mass is 382 g/mol. The van der Waals surface area contributed by atoms with Gasteiger partial charge in [-0.15, -0.1) is 0 Å². The number of nitrogens with one attached hydrogen (secondary N) is 2. The molecular formula is C20H22N4O4. The second-order valence-electron chi connectivity index (χ2n) is 6.43. The SMILES string of the molecule is O=C(CNC(=O)OCc1ccccc1)N[C@@H]1CCN(C(=O)c2ccccn2)C1. The van der Waals surface area contributed by atoms with Crippen molar-refractivity contribution in [1.29, 1.82) is 0 Å². The van der Waals surface area contributed by atoms with Gasteiger partial charge in [0.25, 0.3) is 5.91 Å². The Morgan fingerprint density at radius 3 is 2.64 bits per heavy atom. The fraction of sp³-hybridized carbons (Fsp3) is 0.300. The number of ether oxygens (including phenoxy) is 1. The third-order valence-electron chi connectivity index (χ3n) is 4.33. The number of carbonyl (C=O) groups is 3. The smallest absolute Gasteiger partial charge is 0.407 e. The third kappa shape index (κ3) is 5.54. The predicted molar refractivity (Wildman–Crippen MR) is 101 cm³/mol. The lowest BCUT2D eigenvalue weighted by Crippen LogP contribution is -2.43. The molecule has 8 nitrogen and oxygen atoms in total. The minimum absolute atomic E-state index is 0.140. The maximum absolute atomic E-state index is 12.4. The molecule has 2 aromatic rings. The Bertz CT molecular complexity index is 813. The Labute approximate surface area is 162 Å². The zero-order valence-electron chi connectivity index (χ0n) is 15.3. The molecule has 1 aliphatic heterocycles. The number of pyridine rings is 1. The van der Waals surface area contributed by atoms with Crippen LogP contribution in [0.25, 0.3) is 0 Å². The number of likely N-dealkylation sites (tertiary alicyclic amines) is 1. The van der Waals surface area contributed by atoms with Crippen molar-refractivity contribution in [2.75, 3.05) is 19.6 Å². The molecule has 0 radical (unpaired) electrons. The van der Waals surface area contributed by atoms with Crippen LogP contribution in [0.1, 0.15) is 22.5 Å². The van der Waals surface area contributed by atoms with Crippen LogP contribution in [-0.4, -0.2) is 53.5 Å². The van der Waals surface area contributed by atoms with Crippen molar-refractivity contribution < 1.29 is 19.1 Å². The third-order valence-corrected chi connectivity index (χ3v) is 4.33. The van der Waals surface area contributed by atoms with E-state index >= 15 is 0 Å². The van der Waals surface area contributed by atoms with Crippen LogP contribution in [0.3, 0.4) is 0 Å². The Morgan fingerprint density at radius 1 is 1.11 bits per heavy atom. The van der Waals surface area contributed by atoms with Gasteiger partial charge in [0, 0.05) is 25.3 Å². The summed E-state index contributed by atoms with van der Waals surface area (Å²) in [6.45, 7) is 0.923. The fourth-order valence-corrected chi connectivity index (χ4v) is 2.92. The van der Waals surface area contributed by atoms with Crippen LogP contribution in [0, 0.1) is 0 Å². The molecule has 1 atom stereocenters. The standard InChI is InChI=1S/C20H22N4O4/c25-18(12-22-20(27)28-14-15-6-2-1-3-7-15)23-16-9-11-24(13-16)19(26)17-8-4-5-10-21-17/h1-8,10,16H,9,11-14H2,(H,22,27)(H,23,25)/t16-/m1/s1. The Balaban J connectivity index is 1.36. The van der Waals surface area contributed by atoms with Gasteiger partial charge in [-0.2, -0.15) is 0 Å². The van der Waals surface area contributed by atoms with E-state index < -0.39 is 6.09 Å². The minimum Gasteiger partial charge on any atom is -0.445 e. The van der Waals surface area contributed by atoms with Crippen LogP contribution in [0.4, 0.5) is 4.79 Å². The molecule has 1 saturated heterocycles. The summed E-state index contributed by atoms with van der Waals surface area (Å²) >= 11 is 0. The number of aromatic nitrogens is 1. The van der Waals surface area contributed by atoms with E-state index in [1.807, 2.05) is 30.3 Å². The molecule has 8 heteroatoms. The quantitative estimate of drug-likeness (QED) is 0.785. The summed E-state index contributed by atoms with van der Waals surface area (Å²) in [4.78, 5) is 41.8. The van der Waals surface area contributed by atoms with E-state index in [0.717, 1.165) is 5.56 Å². The molecule has 1 fully saturated rings. The maximum atomic E-state index is 12.4. The topological polar surface area (TPSA) is 101 Å². The van der Waals surface area contributed by atoms with Gasteiger partial charge in [-0.25, -0.2) is 4.79 Å². The van der Waals surface area contributed by atoms with Gasteiger partial charge in [0.2, 0.25) is 5.91 Å². The van der Waals surface area contributed by atoms with E-state index in [9.17, 15) is 14.4 Å². The van der Waals surface area contributed by atoms with E-state index in [-0.39, 0.29) is 31.0 Å². The number of nitrogens with zero attached hydrogens (tertiary/aromatic N) is 2. The van der Waals surface area contributed by atoms with E-state index in [4.69, 9.17) is 4.74 Å². The van der Waals surface area contributed by atoms with Gasteiger partial charge >= 0.3 is 6.09 Å². The van der Waals surface area contributed by atoms with Crippen LogP contribution in [0.15, 0.2) is 54.7 Å². The summed E-state index contributed by atoms with van der Waals surface area (Å²) in [5.74, 6) is -0.478. The Hall–Kier alpha value is -3.42. The average molecular weight is 382 g/mol. The number of carbonyl (C=O) groups excluding carboxylic acids is 3. The first-order valence-electron chi connectivity index (χ1n) is 9.06. The number of amides is 3. The first-order chi connectivity index (χ1) is 13.6. The van der Waals surface area contributed by atoms with E-state index in [1.54, 1.807) is 29.3 Å². The van der Waals surface area contributed by atoms with Crippen LogP contribution in [0.5, 0.6) is 0 Å². The van der Waals surface area contributed by atoms with Gasteiger partial charge in [-0.3, -0.25) is 14.6 Å². The zero-order valence-corrected chi connectivity index (χ0v) is 15.3. The average Bonchev–Trinajstić information content (AvgIpc) is 3.20. The molecule has 146 valence electrons. The summed E-state index contributed by atoms with van der Waals surface area (Å²) in [6.07, 6.45) is 1.57. The van der Waals surface area contributed by atoms with Crippen molar-refractivity contribution in [3.63, 3.8) is 0 Å². The fourth-order valence-electron chi connectivity index (χ4n) is 2.92. The molecule has 0 bridgehead atoms. The lowest BCUT2D eigenvalue weighted by molar-refractivity contribution is -0.120. The molecule has 0 spiro atoms. The van der Waals surface area contributed by atoms with Crippen LogP contribution in [0.2, 0.25) is 0 Å². The van der Waals surface area contributed by atoms with Crippen molar-refractivity contribution in [3.8, 4) is 0 Å². The molecule has 28 heavy (non-hydrogen) atoms. The maximum Gasteiger partial charge on any atom is 0.407 e. The molecule has 1 aromatic heterocycles. The van der Waals surface area contributed by atoms with Crippen molar-refractivity contribution in [1.82, 2.24) is 20.5 Å². The van der Waals surface area contributed by atoms with Gasteiger partial charge in [0.05, 0.1) is 0 Å². The molecule has 1 aromatic carbocycles. The highest BCUT2D eigenvalue weighted by atomic mass is 16.5. The summed E-state index contributed by atoms with van der Waals surface area (Å²) in [7, 11) is 0. The van der Waals surface area contributed by atoms with Gasteiger partial charge in [0.1, 0.15) is 18.8 Å². The second kappa shape index (κ2) is 9.50. The molecule has 2 heterocycles. The first kappa shape index (κ1) is 19.3. The number of rotatable bonds is 6. The summed E-state index contributed by atoms with van der Waals surface area (Å²) in [5, 5.41) is 5.24. The predicted octanol–water partition coefficient (Wildman–Crippen LogP) is 1.34. The summed E-state index contributed by atoms with van der Waals surface area (Å²) in [6, 6.07) is 14.3. The van der Waals surface area contributed by atoms with E-state index in [0.29, 0.717) is 25.2 Å². The van der Waals surface area contributed by atoms with E-state index in [1.165, 1.54) is 0 Å². The molecule has 0 unspecified atom stereocenters. The number of hydrogen-bond acceptors (Lipinski definition) is 5. The van der Waals surface area contributed by atoms with E-state index in [2.05, 4.69) is 15.6 Å². The van der Waals surface area contributed by atoms with Crippen LogP contribution in [-0.2, 0) is 16.1 Å². The van der Waals surface area contributed by atoms with Gasteiger partial charge in [-0.1, -0.05) is 36.4 Å². The van der Waals surface area contributed by atoms with Crippen molar-refractivity contribution in [2.45, 2.75) is 19.1 Å². The highest BCUT2D eigenvalue weighted by molar-refractivity contribution is 5.92. The molecule has 2 N–H and O–H groups in total. The van der Waals surface area contributed by atoms with Gasteiger partial charge in [0.15, 0.2) is 0 Å². The van der Waals surface area contributed by atoms with Crippen LogP contribution < -0.4 is 10.6 Å². The number of alkyl carbamates (subject to hydrolysis) is 1. The first-order valence-corrected chi connectivity index (χ1v) is 9.06. The number of hydrogen-bond donors (Lipinski definition) is 2. The van der Waals surface area contributed by atoms with Crippen molar-refractivity contribution in [2.24, 2.45) is 0 Å². The summed E-state index contributed by atoms with van der Waals surface area (Å²) in [5.41, 5.74) is 1.25. The zero-order chi connectivity index (χ0) is 19.8. The molecular weight excluding hydrogens is 360 g/mol. The van der Waals surface area contributed by atoms with Crippen LogP contribution >= 0.6 is 0 Å². The highest BCUT2D eigenvalue weighted by Gasteiger charge is 2.28. The minimum atomic E-state index is -0.655. The number of benzene rings is 1. The second-order valence-corrected chi connectivity index (χ2v) is 6.43. The molecule has 3 amide bonds. The Kier molecular flexibility index (Phi) is 6.56. The van der Waals surface area contributed by atoms with Gasteiger partial charge < -0.3 is 20.3 Å². The van der Waals surface area contributed by atoms with Crippen molar-refractivity contribution in [3.05, 3.63) is 66.0 Å². The van der Waals surface area contributed by atoms with Gasteiger partial charge in [-0.05, 0) is 24.1 Å². The molecule has 1 aliphatic rings. The molecule has 0 saturated carbocycles.